The smallest absolute Gasteiger partial charge is 0.146 e. The largest absolute Gasteiger partial charge is 0.508 e. The van der Waals surface area contributed by atoms with E-state index in [2.05, 4.69) is 13.8 Å². The summed E-state index contributed by atoms with van der Waals surface area (Å²) in [5, 5.41) is 0. The fraction of sp³-hybridized carbons (Fsp3) is 1.00. The maximum atomic E-state index is 12.0. The monoisotopic (exact) mass is 513 g/mol. The summed E-state index contributed by atoms with van der Waals surface area (Å²) in [5.74, 6) is 0. The van der Waals surface area contributed by atoms with Crippen molar-refractivity contribution in [3.05, 3.63) is 0 Å². The minimum Gasteiger partial charge on any atom is -0.146 e. The van der Waals surface area contributed by atoms with E-state index >= 15 is 0 Å². The average molecular weight is 514 g/mol. The highest BCUT2D eigenvalue weighted by Gasteiger charge is 2.15. The Balaban J connectivity index is 3.14. The first-order valence-corrected chi connectivity index (χ1v) is 17.7. The van der Waals surface area contributed by atoms with E-state index in [1.165, 1.54) is 167 Å². The van der Waals surface area contributed by atoms with Gasteiger partial charge in [0.05, 0.1) is 0 Å². The van der Waals surface area contributed by atoms with Gasteiger partial charge >= 0.3 is 8.03 Å². The Morgan fingerprint density at radius 3 is 0.943 bits per heavy atom. The second-order valence-electron chi connectivity index (χ2n) is 11.1. The molecule has 0 N–H and O–H groups in total. The fourth-order valence-corrected chi connectivity index (χ4v) is 5.91. The third-order valence-corrected chi connectivity index (χ3v) is 8.58. The van der Waals surface area contributed by atoms with Gasteiger partial charge in [0, 0.05) is 0 Å². The van der Waals surface area contributed by atoms with Crippen LogP contribution in [0.1, 0.15) is 194 Å². The van der Waals surface area contributed by atoms with Crippen LogP contribution in [0.2, 0.25) is 0 Å². The number of rotatable bonds is 31. The first-order chi connectivity index (χ1) is 17.3. The summed E-state index contributed by atoms with van der Waals surface area (Å²) in [6, 6.07) is 0. The molecular weight excluding hydrogens is 447 g/mol. The number of unbranched alkanes of at least 4 members (excludes halogenated alkanes) is 26. The van der Waals surface area contributed by atoms with Crippen LogP contribution >= 0.6 is 8.03 Å². The maximum absolute atomic E-state index is 12.0. The van der Waals surface area contributed by atoms with E-state index in [1.54, 1.807) is 0 Å². The molecule has 0 spiro atoms. The zero-order valence-electron chi connectivity index (χ0n) is 24.5. The van der Waals surface area contributed by atoms with Crippen molar-refractivity contribution >= 4 is 8.03 Å². The van der Waals surface area contributed by atoms with Gasteiger partial charge in [0.25, 0.3) is 0 Å². The Morgan fingerprint density at radius 1 is 0.371 bits per heavy atom. The molecule has 0 rings (SSSR count). The van der Waals surface area contributed by atoms with Crippen molar-refractivity contribution in [1.29, 1.82) is 0 Å². The third kappa shape index (κ3) is 32.0. The summed E-state index contributed by atoms with van der Waals surface area (Å²) in [6.07, 6.45) is 39.1. The van der Waals surface area contributed by atoms with E-state index in [1.807, 2.05) is 0 Å². The molecule has 0 saturated heterocycles. The van der Waals surface area contributed by atoms with Gasteiger partial charge in [-0.3, -0.25) is 0 Å². The van der Waals surface area contributed by atoms with Crippen molar-refractivity contribution in [3.63, 3.8) is 0 Å². The van der Waals surface area contributed by atoms with Crippen molar-refractivity contribution < 1.29 is 9.09 Å². The first kappa shape index (κ1) is 35.1. The molecule has 1 unspecified atom stereocenters. The summed E-state index contributed by atoms with van der Waals surface area (Å²) < 4.78 is 17.6. The quantitative estimate of drug-likeness (QED) is 0.0680. The minimum atomic E-state index is -1.41. The van der Waals surface area contributed by atoms with Gasteiger partial charge < -0.3 is 0 Å². The Morgan fingerprint density at radius 2 is 0.629 bits per heavy atom. The summed E-state index contributed by atoms with van der Waals surface area (Å²) >= 11 is 0. The van der Waals surface area contributed by atoms with Gasteiger partial charge in [0.15, 0.2) is 6.16 Å². The second-order valence-corrected chi connectivity index (χ2v) is 12.5. The highest BCUT2D eigenvalue weighted by atomic mass is 31.1. The highest BCUT2D eigenvalue weighted by molar-refractivity contribution is 7.39. The van der Waals surface area contributed by atoms with Crippen LogP contribution in [0.4, 0.5) is 0 Å². The van der Waals surface area contributed by atoms with Gasteiger partial charge in [0.2, 0.25) is 0 Å². The second kappa shape index (κ2) is 32.1. The lowest BCUT2D eigenvalue weighted by Gasteiger charge is -2.03. The predicted molar refractivity (Wildman–Crippen MR) is 159 cm³/mol. The van der Waals surface area contributed by atoms with Crippen molar-refractivity contribution in [2.75, 3.05) is 12.8 Å². The van der Waals surface area contributed by atoms with Crippen LogP contribution in [0.15, 0.2) is 0 Å². The van der Waals surface area contributed by atoms with Gasteiger partial charge in [-0.2, -0.15) is 0 Å². The van der Waals surface area contributed by atoms with E-state index in [0.717, 1.165) is 19.0 Å². The third-order valence-electron chi connectivity index (χ3n) is 7.43. The van der Waals surface area contributed by atoms with E-state index in [0.29, 0.717) is 6.61 Å². The van der Waals surface area contributed by atoms with Crippen LogP contribution in [-0.4, -0.2) is 12.8 Å². The van der Waals surface area contributed by atoms with Crippen LogP contribution in [0, 0.1) is 0 Å². The average Bonchev–Trinajstić information content (AvgIpc) is 2.86. The van der Waals surface area contributed by atoms with E-state index < -0.39 is 8.03 Å². The van der Waals surface area contributed by atoms with Crippen LogP contribution in [-0.2, 0) is 9.09 Å². The fourth-order valence-electron chi connectivity index (χ4n) is 4.96. The summed E-state index contributed by atoms with van der Waals surface area (Å²) in [5.41, 5.74) is 0. The predicted octanol–water partition coefficient (Wildman–Crippen LogP) is 12.7. The van der Waals surface area contributed by atoms with Crippen molar-refractivity contribution in [3.8, 4) is 0 Å². The summed E-state index contributed by atoms with van der Waals surface area (Å²) in [6.45, 7) is 5.28. The van der Waals surface area contributed by atoms with Crippen molar-refractivity contribution in [2.45, 2.75) is 194 Å². The van der Waals surface area contributed by atoms with E-state index in [4.69, 9.17) is 4.52 Å². The summed E-state index contributed by atoms with van der Waals surface area (Å²) in [4.78, 5) is 0. The normalized spacial score (nSPS) is 11.9. The lowest BCUT2D eigenvalue weighted by molar-refractivity contribution is 0.315. The molecule has 1 atom stereocenters. The van der Waals surface area contributed by atoms with Crippen LogP contribution in [0.5, 0.6) is 0 Å². The van der Waals surface area contributed by atoms with Crippen LogP contribution in [0.25, 0.3) is 0 Å². The maximum Gasteiger partial charge on any atom is 0.508 e. The minimum absolute atomic E-state index is 0.700. The van der Waals surface area contributed by atoms with Gasteiger partial charge in [-0.25, -0.2) is 0 Å². The number of hydrogen-bond acceptors (Lipinski definition) is 2. The van der Waals surface area contributed by atoms with Gasteiger partial charge in [-0.15, -0.1) is 4.52 Å². The standard InChI is InChI=1S/C32H66O2P/c1-3-5-7-9-11-13-15-17-19-21-23-25-27-29-31-34-35(33)32-30-28-26-24-22-20-18-16-14-12-10-8-6-4-2/h3-32H2,1-2H3/q+1. The van der Waals surface area contributed by atoms with Crippen LogP contribution in [0.3, 0.4) is 0 Å². The molecule has 35 heavy (non-hydrogen) atoms. The molecule has 0 amide bonds. The molecule has 3 heteroatoms. The highest BCUT2D eigenvalue weighted by Crippen LogP contribution is 2.25. The van der Waals surface area contributed by atoms with Gasteiger partial charge in [-0.1, -0.05) is 174 Å². The lowest BCUT2D eigenvalue weighted by Crippen LogP contribution is -1.90. The molecule has 0 aliphatic carbocycles. The Bertz CT molecular complexity index is 399. The van der Waals surface area contributed by atoms with Gasteiger partial charge in [-0.05, 0) is 23.8 Å². The SMILES string of the molecule is CCCCCCCCCCCCCCCCO[P+](=O)CCCCCCCCCCCCCCCC. The Labute approximate surface area is 223 Å². The molecule has 0 aromatic heterocycles. The summed E-state index contributed by atoms with van der Waals surface area (Å²) in [7, 11) is -1.41. The molecule has 2 nitrogen and oxygen atoms in total. The van der Waals surface area contributed by atoms with Crippen LogP contribution < -0.4 is 0 Å². The van der Waals surface area contributed by atoms with E-state index in [-0.39, 0.29) is 0 Å². The molecule has 0 aliphatic rings. The molecule has 0 fully saturated rings. The molecule has 0 aromatic carbocycles. The molecule has 0 aliphatic heterocycles. The Hall–Kier alpha value is 0.0600. The first-order valence-electron chi connectivity index (χ1n) is 16.4. The molecule has 210 valence electrons. The van der Waals surface area contributed by atoms with E-state index in [9.17, 15) is 4.57 Å². The molecule has 0 saturated carbocycles. The molecule has 0 radical (unpaired) electrons. The van der Waals surface area contributed by atoms with Crippen molar-refractivity contribution in [1.82, 2.24) is 0 Å². The molecule has 0 heterocycles. The molecular formula is C32H66O2P+. The lowest BCUT2D eigenvalue weighted by atomic mass is 10.0. The Kier molecular flexibility index (Phi) is 32.1. The zero-order chi connectivity index (χ0) is 25.5. The zero-order valence-corrected chi connectivity index (χ0v) is 25.4. The topological polar surface area (TPSA) is 26.3 Å². The number of hydrogen-bond donors (Lipinski definition) is 0. The molecule has 0 aromatic rings. The molecule has 0 bridgehead atoms. The van der Waals surface area contributed by atoms with Crippen molar-refractivity contribution in [2.24, 2.45) is 0 Å². The van der Waals surface area contributed by atoms with Gasteiger partial charge in [0.1, 0.15) is 6.61 Å².